The highest BCUT2D eigenvalue weighted by Crippen LogP contribution is 2.20. The highest BCUT2D eigenvalue weighted by Gasteiger charge is 2.15. The van der Waals surface area contributed by atoms with Crippen LogP contribution in [0.3, 0.4) is 0 Å². The molecule has 9 heteroatoms. The predicted molar refractivity (Wildman–Crippen MR) is 117 cm³/mol. The van der Waals surface area contributed by atoms with Gasteiger partial charge in [0.15, 0.2) is 0 Å². The van der Waals surface area contributed by atoms with Gasteiger partial charge in [-0.05, 0) is 66.7 Å². The maximum atomic E-state index is 12.5. The SMILES string of the molecule is COC(=O)c1ccc(NC(=O)c2cccc(NS(=O)(=O)c3ccc(Br)cc3)c2)cc1. The van der Waals surface area contributed by atoms with Crippen molar-refractivity contribution in [1.29, 1.82) is 0 Å². The molecule has 0 atom stereocenters. The first kappa shape index (κ1) is 21.5. The molecule has 0 aliphatic heterocycles. The number of halogens is 1. The van der Waals surface area contributed by atoms with Crippen LogP contribution in [0.25, 0.3) is 0 Å². The Morgan fingerprint density at radius 3 is 2.17 bits per heavy atom. The van der Waals surface area contributed by atoms with E-state index in [1.54, 1.807) is 42.5 Å². The van der Waals surface area contributed by atoms with Gasteiger partial charge in [0, 0.05) is 21.4 Å². The maximum Gasteiger partial charge on any atom is 0.337 e. The lowest BCUT2D eigenvalue weighted by Crippen LogP contribution is -2.15. The second kappa shape index (κ2) is 9.10. The van der Waals surface area contributed by atoms with E-state index in [0.717, 1.165) is 4.47 Å². The molecule has 154 valence electrons. The number of amides is 1. The summed E-state index contributed by atoms with van der Waals surface area (Å²) in [5, 5.41) is 2.70. The van der Waals surface area contributed by atoms with E-state index in [4.69, 9.17) is 0 Å². The van der Waals surface area contributed by atoms with Gasteiger partial charge in [-0.1, -0.05) is 22.0 Å². The molecule has 0 unspecified atom stereocenters. The smallest absolute Gasteiger partial charge is 0.337 e. The van der Waals surface area contributed by atoms with Crippen molar-refractivity contribution in [3.05, 3.63) is 88.4 Å². The Bertz CT molecular complexity index is 1180. The number of carbonyl (C=O) groups excluding carboxylic acids is 2. The van der Waals surface area contributed by atoms with Crippen molar-refractivity contribution in [1.82, 2.24) is 0 Å². The zero-order valence-corrected chi connectivity index (χ0v) is 18.2. The van der Waals surface area contributed by atoms with Crippen LogP contribution >= 0.6 is 15.9 Å². The van der Waals surface area contributed by atoms with Gasteiger partial charge in [0.2, 0.25) is 0 Å². The number of sulfonamides is 1. The van der Waals surface area contributed by atoms with Gasteiger partial charge >= 0.3 is 5.97 Å². The Balaban J connectivity index is 1.73. The van der Waals surface area contributed by atoms with Crippen molar-refractivity contribution in [2.45, 2.75) is 4.90 Å². The van der Waals surface area contributed by atoms with Crippen LogP contribution in [0.4, 0.5) is 11.4 Å². The molecule has 0 aliphatic rings. The molecule has 3 rings (SSSR count). The molecule has 1 amide bonds. The summed E-state index contributed by atoms with van der Waals surface area (Å²) in [5.74, 6) is -0.899. The first-order valence-corrected chi connectivity index (χ1v) is 10.9. The molecule has 0 radical (unpaired) electrons. The van der Waals surface area contributed by atoms with Crippen molar-refractivity contribution >= 4 is 49.2 Å². The van der Waals surface area contributed by atoms with E-state index in [0.29, 0.717) is 11.3 Å². The molecular weight excluding hydrogens is 472 g/mol. The van der Waals surface area contributed by atoms with Crippen molar-refractivity contribution in [2.24, 2.45) is 0 Å². The fourth-order valence-corrected chi connectivity index (χ4v) is 3.88. The molecule has 0 bridgehead atoms. The fourth-order valence-electron chi connectivity index (χ4n) is 2.56. The highest BCUT2D eigenvalue weighted by atomic mass is 79.9. The van der Waals surface area contributed by atoms with Crippen molar-refractivity contribution in [2.75, 3.05) is 17.1 Å². The van der Waals surface area contributed by atoms with Crippen LogP contribution in [0.1, 0.15) is 20.7 Å². The number of hydrogen-bond donors (Lipinski definition) is 2. The minimum absolute atomic E-state index is 0.103. The van der Waals surface area contributed by atoms with Gasteiger partial charge < -0.3 is 10.1 Å². The summed E-state index contributed by atoms with van der Waals surface area (Å²) in [4.78, 5) is 24.1. The summed E-state index contributed by atoms with van der Waals surface area (Å²) in [6.07, 6.45) is 0. The van der Waals surface area contributed by atoms with Gasteiger partial charge in [-0.25, -0.2) is 13.2 Å². The van der Waals surface area contributed by atoms with E-state index in [9.17, 15) is 18.0 Å². The molecule has 0 heterocycles. The van der Waals surface area contributed by atoms with E-state index >= 15 is 0 Å². The molecular formula is C21H17BrN2O5S. The standard InChI is InChI=1S/C21H17BrN2O5S/c1-29-21(26)14-5-9-17(10-6-14)23-20(25)15-3-2-4-18(13-15)24-30(27,28)19-11-7-16(22)8-12-19/h2-13,24H,1H3,(H,23,25). The summed E-state index contributed by atoms with van der Waals surface area (Å²) in [6.45, 7) is 0. The second-order valence-corrected chi connectivity index (χ2v) is 8.76. The van der Waals surface area contributed by atoms with Gasteiger partial charge in [-0.3, -0.25) is 9.52 Å². The molecule has 0 aliphatic carbocycles. The lowest BCUT2D eigenvalue weighted by atomic mass is 10.1. The minimum atomic E-state index is -3.79. The van der Waals surface area contributed by atoms with E-state index in [1.165, 1.54) is 37.4 Å². The van der Waals surface area contributed by atoms with Crippen LogP contribution in [0.2, 0.25) is 0 Å². The fraction of sp³-hybridized carbons (Fsp3) is 0.0476. The van der Waals surface area contributed by atoms with Crippen LogP contribution in [-0.4, -0.2) is 27.4 Å². The summed E-state index contributed by atoms with van der Waals surface area (Å²) in [5.41, 5.74) is 1.36. The van der Waals surface area contributed by atoms with Crippen molar-refractivity contribution in [3.63, 3.8) is 0 Å². The number of methoxy groups -OCH3 is 1. The third-order valence-electron chi connectivity index (χ3n) is 4.06. The molecule has 0 spiro atoms. The normalized spacial score (nSPS) is 10.9. The van der Waals surface area contributed by atoms with E-state index in [-0.39, 0.29) is 16.1 Å². The monoisotopic (exact) mass is 488 g/mol. The van der Waals surface area contributed by atoms with Gasteiger partial charge in [0.25, 0.3) is 15.9 Å². The zero-order valence-electron chi connectivity index (χ0n) is 15.8. The van der Waals surface area contributed by atoms with Crippen LogP contribution in [-0.2, 0) is 14.8 Å². The lowest BCUT2D eigenvalue weighted by molar-refractivity contribution is 0.0600. The number of esters is 1. The number of nitrogens with one attached hydrogen (secondary N) is 2. The molecule has 2 N–H and O–H groups in total. The molecule has 3 aromatic rings. The van der Waals surface area contributed by atoms with Gasteiger partial charge in [0.05, 0.1) is 17.6 Å². The average Bonchev–Trinajstić information content (AvgIpc) is 2.74. The zero-order chi connectivity index (χ0) is 21.7. The van der Waals surface area contributed by atoms with Gasteiger partial charge in [0.1, 0.15) is 0 Å². The largest absolute Gasteiger partial charge is 0.465 e. The van der Waals surface area contributed by atoms with Gasteiger partial charge in [-0.2, -0.15) is 0 Å². The van der Waals surface area contributed by atoms with Crippen LogP contribution in [0.5, 0.6) is 0 Å². The molecule has 0 aromatic heterocycles. The van der Waals surface area contributed by atoms with Crippen LogP contribution in [0.15, 0.2) is 82.2 Å². The number of benzene rings is 3. The van der Waals surface area contributed by atoms with Gasteiger partial charge in [-0.15, -0.1) is 0 Å². The molecule has 0 fully saturated rings. The van der Waals surface area contributed by atoms with Crippen LogP contribution in [0, 0.1) is 0 Å². The Morgan fingerprint density at radius 2 is 1.53 bits per heavy atom. The number of hydrogen-bond acceptors (Lipinski definition) is 5. The van der Waals surface area contributed by atoms with E-state index in [1.807, 2.05) is 0 Å². The highest BCUT2D eigenvalue weighted by molar-refractivity contribution is 9.10. The third kappa shape index (κ3) is 5.25. The Labute approximate surface area is 182 Å². The molecule has 0 saturated heterocycles. The summed E-state index contributed by atoms with van der Waals surface area (Å²) < 4.78 is 32.9. The summed E-state index contributed by atoms with van der Waals surface area (Å²) in [6, 6.07) is 18.6. The topological polar surface area (TPSA) is 102 Å². The third-order valence-corrected chi connectivity index (χ3v) is 5.99. The van der Waals surface area contributed by atoms with Crippen molar-refractivity contribution < 1.29 is 22.7 Å². The quantitative estimate of drug-likeness (QED) is 0.503. The number of ether oxygens (including phenoxy) is 1. The summed E-state index contributed by atoms with van der Waals surface area (Å²) in [7, 11) is -2.51. The molecule has 3 aromatic carbocycles. The summed E-state index contributed by atoms with van der Waals surface area (Å²) >= 11 is 3.26. The Morgan fingerprint density at radius 1 is 0.867 bits per heavy atom. The second-order valence-electron chi connectivity index (χ2n) is 6.16. The Kier molecular flexibility index (Phi) is 6.53. The number of carbonyl (C=O) groups is 2. The minimum Gasteiger partial charge on any atom is -0.465 e. The maximum absolute atomic E-state index is 12.5. The van der Waals surface area contributed by atoms with Crippen LogP contribution < -0.4 is 10.0 Å². The number of rotatable bonds is 6. The molecule has 30 heavy (non-hydrogen) atoms. The molecule has 0 saturated carbocycles. The van der Waals surface area contributed by atoms with E-state index in [2.05, 4.69) is 30.7 Å². The average molecular weight is 489 g/mol. The first-order valence-electron chi connectivity index (χ1n) is 8.67. The lowest BCUT2D eigenvalue weighted by Gasteiger charge is -2.10. The predicted octanol–water partition coefficient (Wildman–Crippen LogP) is 4.29. The Hall–Kier alpha value is -3.17. The van der Waals surface area contributed by atoms with E-state index < -0.39 is 21.9 Å². The van der Waals surface area contributed by atoms with Crippen molar-refractivity contribution in [3.8, 4) is 0 Å². The molecule has 7 nitrogen and oxygen atoms in total. The number of anilines is 2. The first-order chi connectivity index (χ1) is 14.3.